The van der Waals surface area contributed by atoms with E-state index in [4.69, 9.17) is 4.74 Å². The Morgan fingerprint density at radius 1 is 1.54 bits per heavy atom. The number of rotatable bonds is 5. The van der Waals surface area contributed by atoms with Crippen molar-refractivity contribution in [1.29, 1.82) is 0 Å². The predicted molar refractivity (Wildman–Crippen MR) is 104 cm³/mol. The molecule has 0 aliphatic carbocycles. The molecule has 3 heterocycles. The van der Waals surface area contributed by atoms with E-state index in [-0.39, 0.29) is 11.9 Å². The fraction of sp³-hybridized carbons (Fsp3) is 0.533. The lowest BCUT2D eigenvalue weighted by atomic mass is 9.99. The van der Waals surface area contributed by atoms with Gasteiger partial charge in [0.15, 0.2) is 11.5 Å². The van der Waals surface area contributed by atoms with Crippen LogP contribution in [0.4, 0.5) is 5.82 Å². The Balaban J connectivity index is 1.82. The SMILES string of the molecule is CCOC(=O)C1CCCN(N(C)c2ncnc3c2ccn3SI)C1. The summed E-state index contributed by atoms with van der Waals surface area (Å²) in [5, 5.41) is 5.21. The van der Waals surface area contributed by atoms with Gasteiger partial charge >= 0.3 is 5.97 Å². The third kappa shape index (κ3) is 3.47. The molecule has 0 saturated carbocycles. The smallest absolute Gasteiger partial charge is 0.310 e. The number of esters is 1. The van der Waals surface area contributed by atoms with Gasteiger partial charge in [-0.15, -0.1) is 0 Å². The summed E-state index contributed by atoms with van der Waals surface area (Å²) in [5.74, 6) is 0.678. The monoisotopic (exact) mass is 461 g/mol. The van der Waals surface area contributed by atoms with Gasteiger partial charge in [-0.1, -0.05) is 0 Å². The molecule has 0 bridgehead atoms. The molecule has 3 rings (SSSR count). The summed E-state index contributed by atoms with van der Waals surface area (Å²) in [6.07, 6.45) is 5.42. The van der Waals surface area contributed by atoms with Crippen molar-refractivity contribution in [3.05, 3.63) is 18.6 Å². The van der Waals surface area contributed by atoms with E-state index in [0.29, 0.717) is 13.2 Å². The van der Waals surface area contributed by atoms with E-state index in [2.05, 4.69) is 36.2 Å². The molecule has 2 aromatic heterocycles. The number of piperidine rings is 1. The first-order chi connectivity index (χ1) is 11.7. The van der Waals surface area contributed by atoms with Gasteiger partial charge < -0.3 is 4.74 Å². The molecule has 1 aliphatic heterocycles. The van der Waals surface area contributed by atoms with E-state index in [1.54, 1.807) is 15.4 Å². The standard InChI is InChI=1S/C15H20IN5O2S/c1-3-23-15(22)11-5-4-7-20(9-11)19(2)13-12-6-8-21(24-16)14(12)18-10-17-13/h6,8,10-11H,3-5,7,9H2,1-2H3. The number of fused-ring (bicyclic) bond motifs is 1. The normalized spacial score (nSPS) is 18.7. The van der Waals surface area contributed by atoms with E-state index in [1.165, 1.54) is 0 Å². The summed E-state index contributed by atoms with van der Waals surface area (Å²) >= 11 is 2.23. The van der Waals surface area contributed by atoms with Crippen molar-refractivity contribution in [2.75, 3.05) is 31.8 Å². The minimum atomic E-state index is -0.101. The highest BCUT2D eigenvalue weighted by Crippen LogP contribution is 2.30. The Kier molecular flexibility index (Phi) is 5.82. The molecule has 1 fully saturated rings. The molecule has 1 atom stereocenters. The average molecular weight is 461 g/mol. The molecule has 0 N–H and O–H groups in total. The van der Waals surface area contributed by atoms with Gasteiger partial charge in [0.05, 0.1) is 17.9 Å². The van der Waals surface area contributed by atoms with Crippen LogP contribution in [0.2, 0.25) is 0 Å². The second kappa shape index (κ2) is 7.87. The van der Waals surface area contributed by atoms with Crippen LogP contribution in [0, 0.1) is 5.92 Å². The molecular formula is C15H20IN5O2S. The summed E-state index contributed by atoms with van der Waals surface area (Å²) in [6.45, 7) is 3.83. The Morgan fingerprint density at radius 3 is 3.12 bits per heavy atom. The molecule has 1 unspecified atom stereocenters. The van der Waals surface area contributed by atoms with Crippen molar-refractivity contribution in [3.8, 4) is 0 Å². The number of hydrazine groups is 1. The van der Waals surface area contributed by atoms with Crippen LogP contribution in [0.5, 0.6) is 0 Å². The molecule has 9 heteroatoms. The van der Waals surface area contributed by atoms with Gasteiger partial charge in [-0.25, -0.2) is 15.0 Å². The van der Waals surface area contributed by atoms with Gasteiger partial charge in [0.2, 0.25) is 0 Å². The zero-order valence-electron chi connectivity index (χ0n) is 13.7. The number of aromatic nitrogens is 3. The van der Waals surface area contributed by atoms with Crippen molar-refractivity contribution in [2.45, 2.75) is 19.8 Å². The van der Waals surface area contributed by atoms with Crippen molar-refractivity contribution < 1.29 is 9.53 Å². The van der Waals surface area contributed by atoms with Gasteiger partial charge in [-0.3, -0.25) is 13.8 Å². The van der Waals surface area contributed by atoms with Crippen LogP contribution in [0.3, 0.4) is 0 Å². The highest BCUT2D eigenvalue weighted by Gasteiger charge is 2.29. The predicted octanol–water partition coefficient (Wildman–Crippen LogP) is 2.90. The van der Waals surface area contributed by atoms with Gasteiger partial charge in [-0.2, -0.15) is 0 Å². The number of carbonyl (C=O) groups is 1. The van der Waals surface area contributed by atoms with Gasteiger partial charge in [0.1, 0.15) is 6.33 Å². The highest BCUT2D eigenvalue weighted by molar-refractivity contribution is 14.2. The van der Waals surface area contributed by atoms with E-state index in [0.717, 1.165) is 36.2 Å². The maximum absolute atomic E-state index is 12.1. The third-order valence-electron chi connectivity index (χ3n) is 4.25. The summed E-state index contributed by atoms with van der Waals surface area (Å²) in [7, 11) is 3.56. The number of carbonyl (C=O) groups excluding carboxylic acids is 1. The van der Waals surface area contributed by atoms with E-state index < -0.39 is 0 Å². The fourth-order valence-electron chi connectivity index (χ4n) is 3.04. The summed E-state index contributed by atoms with van der Waals surface area (Å²) in [5.41, 5.74) is 0.894. The summed E-state index contributed by atoms with van der Waals surface area (Å²) in [4.78, 5) is 20.9. The summed E-state index contributed by atoms with van der Waals surface area (Å²) in [6, 6.07) is 2.03. The third-order valence-corrected chi connectivity index (χ3v) is 5.97. The van der Waals surface area contributed by atoms with Crippen LogP contribution >= 0.6 is 30.3 Å². The fourth-order valence-corrected chi connectivity index (χ4v) is 4.32. The Hall–Kier alpha value is -1.07. The maximum Gasteiger partial charge on any atom is 0.310 e. The molecule has 0 aromatic carbocycles. The number of hydrogen-bond acceptors (Lipinski definition) is 7. The molecule has 7 nitrogen and oxygen atoms in total. The largest absolute Gasteiger partial charge is 0.466 e. The molecule has 1 aliphatic rings. The van der Waals surface area contributed by atoms with Crippen LogP contribution in [0.15, 0.2) is 18.6 Å². The Morgan fingerprint density at radius 2 is 2.38 bits per heavy atom. The number of nitrogens with zero attached hydrogens (tertiary/aromatic N) is 5. The van der Waals surface area contributed by atoms with Gasteiger partial charge in [0, 0.05) is 56.7 Å². The lowest BCUT2D eigenvalue weighted by molar-refractivity contribution is -0.150. The Bertz CT molecular complexity index is 725. The molecule has 1 saturated heterocycles. The van der Waals surface area contributed by atoms with Crippen molar-refractivity contribution >= 4 is 53.1 Å². The minimum absolute atomic E-state index is 0.0759. The quantitative estimate of drug-likeness (QED) is 0.501. The molecule has 2 aromatic rings. The van der Waals surface area contributed by atoms with E-state index >= 15 is 0 Å². The van der Waals surface area contributed by atoms with Gasteiger partial charge in [-0.05, 0) is 25.8 Å². The first-order valence-corrected chi connectivity index (χ1v) is 11.2. The molecule has 0 radical (unpaired) electrons. The molecular weight excluding hydrogens is 441 g/mol. The van der Waals surface area contributed by atoms with E-state index in [9.17, 15) is 4.79 Å². The number of ether oxygens (including phenoxy) is 1. The minimum Gasteiger partial charge on any atom is -0.466 e. The van der Waals surface area contributed by atoms with Crippen LogP contribution in [-0.2, 0) is 9.53 Å². The highest BCUT2D eigenvalue weighted by atomic mass is 127. The lowest BCUT2D eigenvalue weighted by Gasteiger charge is -2.38. The van der Waals surface area contributed by atoms with Crippen molar-refractivity contribution in [1.82, 2.24) is 18.9 Å². The zero-order valence-corrected chi connectivity index (χ0v) is 16.7. The lowest BCUT2D eigenvalue weighted by Crippen LogP contribution is -2.48. The second-order valence-corrected chi connectivity index (χ2v) is 7.39. The number of hydrogen-bond donors (Lipinski definition) is 0. The van der Waals surface area contributed by atoms with Crippen LogP contribution in [0.1, 0.15) is 19.8 Å². The maximum atomic E-state index is 12.1. The molecule has 0 spiro atoms. The van der Waals surface area contributed by atoms with Crippen LogP contribution in [-0.4, -0.2) is 51.7 Å². The first-order valence-electron chi connectivity index (χ1n) is 7.92. The van der Waals surface area contributed by atoms with E-state index in [1.807, 2.05) is 35.2 Å². The topological polar surface area (TPSA) is 63.5 Å². The van der Waals surface area contributed by atoms with Crippen molar-refractivity contribution in [2.24, 2.45) is 5.92 Å². The average Bonchev–Trinajstić information content (AvgIpc) is 3.04. The molecule has 24 heavy (non-hydrogen) atoms. The number of halogens is 1. The molecule has 130 valence electrons. The zero-order chi connectivity index (χ0) is 17.1. The van der Waals surface area contributed by atoms with Crippen molar-refractivity contribution in [3.63, 3.8) is 0 Å². The first kappa shape index (κ1) is 17.7. The number of anilines is 1. The van der Waals surface area contributed by atoms with Crippen LogP contribution < -0.4 is 5.01 Å². The van der Waals surface area contributed by atoms with Crippen LogP contribution in [0.25, 0.3) is 11.0 Å². The summed E-state index contributed by atoms with van der Waals surface area (Å²) < 4.78 is 7.19. The Labute approximate surface area is 157 Å². The molecule has 0 amide bonds. The second-order valence-electron chi connectivity index (χ2n) is 5.67. The van der Waals surface area contributed by atoms with Gasteiger partial charge in [0.25, 0.3) is 0 Å².